The number of hydrogen-bond acceptors (Lipinski definition) is 4. The molecule has 0 aromatic heterocycles. The molecule has 0 aliphatic rings. The molecule has 0 bridgehead atoms. The third-order valence-corrected chi connectivity index (χ3v) is 5.18. The number of aliphatic hydroxyl groups is 1. The molecule has 0 aliphatic carbocycles. The number of benzene rings is 2. The molecule has 0 saturated carbocycles. The van der Waals surface area contributed by atoms with E-state index in [9.17, 15) is 12.8 Å². The third-order valence-electron chi connectivity index (χ3n) is 3.76. The van der Waals surface area contributed by atoms with Crippen molar-refractivity contribution in [2.75, 3.05) is 19.8 Å². The van der Waals surface area contributed by atoms with Gasteiger partial charge in [0.05, 0.1) is 24.2 Å². The van der Waals surface area contributed by atoms with Crippen LogP contribution in [0.1, 0.15) is 22.8 Å². The summed E-state index contributed by atoms with van der Waals surface area (Å²) in [5.74, 6) is -0.456. The topological polar surface area (TPSA) is 75.6 Å². The highest BCUT2D eigenvalue weighted by Crippen LogP contribution is 2.19. The van der Waals surface area contributed by atoms with E-state index >= 15 is 0 Å². The molecule has 0 aliphatic heterocycles. The minimum Gasteiger partial charge on any atom is -0.394 e. The summed E-state index contributed by atoms with van der Waals surface area (Å²) in [7, 11) is -3.79. The standard InChI is InChI=1S/C18H22FNO4S/c1-13-3-5-15(6-4-13)18(24-10-9-21)12-20-25(22,23)16-7-8-17(19)14(2)11-16/h3-8,11,18,20-21H,9-10,12H2,1-2H3/t18-/m1/s1. The van der Waals surface area contributed by atoms with Gasteiger partial charge in [-0.05, 0) is 43.2 Å². The molecule has 0 fully saturated rings. The van der Waals surface area contributed by atoms with E-state index in [1.165, 1.54) is 19.1 Å². The lowest BCUT2D eigenvalue weighted by Gasteiger charge is -2.19. The normalized spacial score (nSPS) is 13.0. The van der Waals surface area contributed by atoms with Crippen LogP contribution >= 0.6 is 0 Å². The summed E-state index contributed by atoms with van der Waals surface area (Å²) < 4.78 is 46.2. The van der Waals surface area contributed by atoms with Crippen LogP contribution in [0.25, 0.3) is 0 Å². The van der Waals surface area contributed by atoms with Crippen LogP contribution in [0.4, 0.5) is 4.39 Å². The summed E-state index contributed by atoms with van der Waals surface area (Å²) in [6.45, 7) is 3.39. The second-order valence-corrected chi connectivity index (χ2v) is 7.52. The van der Waals surface area contributed by atoms with Crippen molar-refractivity contribution in [1.82, 2.24) is 4.72 Å². The van der Waals surface area contributed by atoms with E-state index in [1.807, 2.05) is 31.2 Å². The van der Waals surface area contributed by atoms with E-state index in [4.69, 9.17) is 9.84 Å². The quantitative estimate of drug-likeness (QED) is 0.752. The highest BCUT2D eigenvalue weighted by molar-refractivity contribution is 7.89. The number of halogens is 1. The summed E-state index contributed by atoms with van der Waals surface area (Å²) >= 11 is 0. The van der Waals surface area contributed by atoms with E-state index in [2.05, 4.69) is 4.72 Å². The van der Waals surface area contributed by atoms with Crippen LogP contribution in [0.3, 0.4) is 0 Å². The van der Waals surface area contributed by atoms with Crippen LogP contribution in [0, 0.1) is 19.7 Å². The lowest BCUT2D eigenvalue weighted by molar-refractivity contribution is 0.0309. The fraction of sp³-hybridized carbons (Fsp3) is 0.333. The minimum absolute atomic E-state index is 0.00180. The van der Waals surface area contributed by atoms with Gasteiger partial charge in [-0.25, -0.2) is 17.5 Å². The maximum atomic E-state index is 13.3. The maximum Gasteiger partial charge on any atom is 0.240 e. The van der Waals surface area contributed by atoms with Gasteiger partial charge in [-0.2, -0.15) is 0 Å². The third kappa shape index (κ3) is 5.34. The number of aliphatic hydroxyl groups excluding tert-OH is 1. The molecule has 0 radical (unpaired) electrons. The van der Waals surface area contributed by atoms with Gasteiger partial charge in [0, 0.05) is 6.54 Å². The van der Waals surface area contributed by atoms with Crippen molar-refractivity contribution in [3.63, 3.8) is 0 Å². The number of nitrogens with one attached hydrogen (secondary N) is 1. The van der Waals surface area contributed by atoms with Crippen molar-refractivity contribution in [3.8, 4) is 0 Å². The van der Waals surface area contributed by atoms with Crippen LogP contribution in [0.2, 0.25) is 0 Å². The predicted octanol–water partition coefficient (Wildman–Crippen LogP) is 2.47. The highest BCUT2D eigenvalue weighted by Gasteiger charge is 2.19. The van der Waals surface area contributed by atoms with Gasteiger partial charge >= 0.3 is 0 Å². The van der Waals surface area contributed by atoms with E-state index in [1.54, 1.807) is 0 Å². The van der Waals surface area contributed by atoms with Crippen LogP contribution < -0.4 is 4.72 Å². The smallest absolute Gasteiger partial charge is 0.240 e. The van der Waals surface area contributed by atoms with Gasteiger partial charge in [0.25, 0.3) is 0 Å². The van der Waals surface area contributed by atoms with Crippen LogP contribution in [-0.2, 0) is 14.8 Å². The molecule has 1 atom stereocenters. The first-order chi connectivity index (χ1) is 11.8. The number of ether oxygens (including phenoxy) is 1. The second-order valence-electron chi connectivity index (χ2n) is 5.76. The van der Waals surface area contributed by atoms with Gasteiger partial charge < -0.3 is 9.84 Å². The Hall–Kier alpha value is -1.80. The van der Waals surface area contributed by atoms with Crippen LogP contribution in [-0.4, -0.2) is 33.3 Å². The lowest BCUT2D eigenvalue weighted by atomic mass is 10.1. The molecular formula is C18H22FNO4S. The largest absolute Gasteiger partial charge is 0.394 e. The van der Waals surface area contributed by atoms with Crippen molar-refractivity contribution >= 4 is 10.0 Å². The Labute approximate surface area is 147 Å². The molecule has 2 aromatic carbocycles. The Bertz CT molecular complexity index is 806. The Morgan fingerprint density at radius 3 is 2.44 bits per heavy atom. The summed E-state index contributed by atoms with van der Waals surface area (Å²) in [4.78, 5) is -0.00351. The zero-order valence-electron chi connectivity index (χ0n) is 14.2. The molecule has 2 rings (SSSR count). The number of hydrogen-bond donors (Lipinski definition) is 2. The Morgan fingerprint density at radius 1 is 1.16 bits per heavy atom. The van der Waals surface area contributed by atoms with Crippen LogP contribution in [0.15, 0.2) is 47.4 Å². The molecule has 5 nitrogen and oxygen atoms in total. The average Bonchev–Trinajstić information content (AvgIpc) is 2.58. The first kappa shape index (κ1) is 19.5. The second kappa shape index (κ2) is 8.53. The van der Waals surface area contributed by atoms with Gasteiger partial charge in [-0.1, -0.05) is 29.8 Å². The van der Waals surface area contributed by atoms with Crippen LogP contribution in [0.5, 0.6) is 0 Å². The van der Waals surface area contributed by atoms with E-state index < -0.39 is 21.9 Å². The molecule has 2 N–H and O–H groups in total. The molecular weight excluding hydrogens is 345 g/mol. The number of sulfonamides is 1. The van der Waals surface area contributed by atoms with Crippen molar-refractivity contribution in [3.05, 3.63) is 65.0 Å². The lowest BCUT2D eigenvalue weighted by Crippen LogP contribution is -2.30. The zero-order chi connectivity index (χ0) is 18.4. The Kier molecular flexibility index (Phi) is 6.66. The maximum absolute atomic E-state index is 13.3. The molecule has 7 heteroatoms. The number of aryl methyl sites for hydroxylation is 2. The molecule has 0 heterocycles. The summed E-state index contributed by atoms with van der Waals surface area (Å²) in [6.07, 6.45) is -0.538. The highest BCUT2D eigenvalue weighted by atomic mass is 32.2. The van der Waals surface area contributed by atoms with Gasteiger partial charge in [-0.3, -0.25) is 0 Å². The SMILES string of the molecule is Cc1ccc([C@@H](CNS(=O)(=O)c2ccc(F)c(C)c2)OCCO)cc1. The molecule has 25 heavy (non-hydrogen) atoms. The Balaban J connectivity index is 2.15. The molecule has 0 spiro atoms. The average molecular weight is 367 g/mol. The first-order valence-corrected chi connectivity index (χ1v) is 9.36. The fourth-order valence-electron chi connectivity index (χ4n) is 2.30. The van der Waals surface area contributed by atoms with Gasteiger partial charge in [0.2, 0.25) is 10.0 Å². The summed E-state index contributed by atoms with van der Waals surface area (Å²) in [5, 5.41) is 8.97. The predicted molar refractivity (Wildman–Crippen MR) is 93.3 cm³/mol. The van der Waals surface area contributed by atoms with Gasteiger partial charge in [-0.15, -0.1) is 0 Å². The van der Waals surface area contributed by atoms with E-state index in [0.717, 1.165) is 17.2 Å². The van der Waals surface area contributed by atoms with Crippen molar-refractivity contribution in [1.29, 1.82) is 0 Å². The zero-order valence-corrected chi connectivity index (χ0v) is 15.0. The van der Waals surface area contributed by atoms with Crippen molar-refractivity contribution < 1.29 is 22.7 Å². The summed E-state index contributed by atoms with van der Waals surface area (Å²) in [6, 6.07) is 11.2. The monoisotopic (exact) mass is 367 g/mol. The molecule has 0 amide bonds. The van der Waals surface area contributed by atoms with Crippen molar-refractivity contribution in [2.45, 2.75) is 24.8 Å². The molecule has 136 valence electrons. The first-order valence-electron chi connectivity index (χ1n) is 7.88. The van der Waals surface area contributed by atoms with Crippen molar-refractivity contribution in [2.24, 2.45) is 0 Å². The fourth-order valence-corrected chi connectivity index (χ4v) is 3.42. The number of rotatable bonds is 8. The Morgan fingerprint density at radius 2 is 1.84 bits per heavy atom. The molecule has 2 aromatic rings. The molecule has 0 saturated heterocycles. The molecule has 0 unspecified atom stereocenters. The van der Waals surface area contributed by atoms with E-state index in [0.29, 0.717) is 0 Å². The van der Waals surface area contributed by atoms with E-state index in [-0.39, 0.29) is 30.2 Å². The van der Waals surface area contributed by atoms with Gasteiger partial charge in [0.15, 0.2) is 0 Å². The summed E-state index contributed by atoms with van der Waals surface area (Å²) in [5.41, 5.74) is 2.14. The van der Waals surface area contributed by atoms with Gasteiger partial charge in [0.1, 0.15) is 5.82 Å². The minimum atomic E-state index is -3.79.